The van der Waals surface area contributed by atoms with Crippen LogP contribution < -0.4 is 5.73 Å². The largest absolute Gasteiger partial charge is 0.379 e. The minimum atomic E-state index is 0.113. The van der Waals surface area contributed by atoms with E-state index in [4.69, 9.17) is 10.5 Å². The molecule has 1 aromatic carbocycles. The summed E-state index contributed by atoms with van der Waals surface area (Å²) in [6, 6.07) is 10.5. The number of nitrogens with two attached hydrogens (primary N) is 1. The first-order valence-electron chi connectivity index (χ1n) is 6.22. The average Bonchev–Trinajstić information content (AvgIpc) is 2.27. The van der Waals surface area contributed by atoms with Gasteiger partial charge in [0.25, 0.3) is 0 Å². The zero-order valence-electron chi connectivity index (χ0n) is 10.5. The van der Waals surface area contributed by atoms with E-state index < -0.39 is 0 Å². The van der Waals surface area contributed by atoms with Crippen LogP contribution in [0.4, 0.5) is 0 Å². The van der Waals surface area contributed by atoms with E-state index in [1.54, 1.807) is 0 Å². The van der Waals surface area contributed by atoms with Crippen LogP contribution >= 0.6 is 11.8 Å². The average molecular weight is 251 g/mol. The second-order valence-electron chi connectivity index (χ2n) is 4.94. The lowest BCUT2D eigenvalue weighted by Gasteiger charge is -2.34. The zero-order valence-corrected chi connectivity index (χ0v) is 11.3. The first kappa shape index (κ1) is 12.9. The first-order valence-corrected chi connectivity index (χ1v) is 7.16. The highest BCUT2D eigenvalue weighted by Gasteiger charge is 2.29. The number of ether oxygens (including phenoxy) is 1. The predicted molar refractivity (Wildman–Crippen MR) is 74.2 cm³/mol. The molecule has 2 N–H and O–H groups in total. The molecule has 0 radical (unpaired) electrons. The third-order valence-corrected chi connectivity index (χ3v) is 4.96. The summed E-state index contributed by atoms with van der Waals surface area (Å²) >= 11 is 1.99. The molecule has 1 heterocycles. The Hall–Kier alpha value is -0.510. The van der Waals surface area contributed by atoms with Crippen LogP contribution in [0.25, 0.3) is 0 Å². The number of thioether (sulfide) groups is 1. The van der Waals surface area contributed by atoms with Gasteiger partial charge >= 0.3 is 0 Å². The molecule has 1 aliphatic heterocycles. The van der Waals surface area contributed by atoms with E-state index in [1.165, 1.54) is 5.56 Å². The van der Waals surface area contributed by atoms with Crippen molar-refractivity contribution < 1.29 is 4.74 Å². The summed E-state index contributed by atoms with van der Waals surface area (Å²) < 4.78 is 5.24. The fraction of sp³-hybridized carbons (Fsp3) is 0.571. The van der Waals surface area contributed by atoms with E-state index in [0.29, 0.717) is 16.4 Å². The van der Waals surface area contributed by atoms with E-state index >= 15 is 0 Å². The maximum Gasteiger partial charge on any atom is 0.0608 e. The standard InChI is InChI=1S/C14H21NOS/c1-10(2)14(17-12-8-16-9-12)13(15)11-6-4-3-5-7-11/h3-7,10,12-14H,8-9,15H2,1-2H3. The highest BCUT2D eigenvalue weighted by Crippen LogP contribution is 2.35. The van der Waals surface area contributed by atoms with Gasteiger partial charge in [0.15, 0.2) is 0 Å². The van der Waals surface area contributed by atoms with Gasteiger partial charge in [0.05, 0.1) is 18.5 Å². The molecule has 17 heavy (non-hydrogen) atoms. The monoisotopic (exact) mass is 251 g/mol. The second kappa shape index (κ2) is 5.89. The van der Waals surface area contributed by atoms with Gasteiger partial charge < -0.3 is 10.5 Å². The Labute approximate surface area is 108 Å². The van der Waals surface area contributed by atoms with Crippen LogP contribution in [0.3, 0.4) is 0 Å². The lowest BCUT2D eigenvalue weighted by atomic mass is 9.97. The van der Waals surface area contributed by atoms with Gasteiger partial charge in [0.2, 0.25) is 0 Å². The maximum atomic E-state index is 6.41. The van der Waals surface area contributed by atoms with Crippen LogP contribution in [-0.4, -0.2) is 23.7 Å². The second-order valence-corrected chi connectivity index (χ2v) is 6.42. The summed E-state index contributed by atoms with van der Waals surface area (Å²) in [4.78, 5) is 0. The number of hydrogen-bond acceptors (Lipinski definition) is 3. The highest BCUT2D eigenvalue weighted by molar-refractivity contribution is 8.00. The molecule has 2 atom stereocenters. The summed E-state index contributed by atoms with van der Waals surface area (Å²) in [5, 5.41) is 1.10. The zero-order chi connectivity index (χ0) is 12.3. The molecule has 2 unspecified atom stereocenters. The topological polar surface area (TPSA) is 35.2 Å². The molecule has 3 heteroatoms. The van der Waals surface area contributed by atoms with Crippen molar-refractivity contribution in [2.45, 2.75) is 30.4 Å². The van der Waals surface area contributed by atoms with Crippen LogP contribution in [-0.2, 0) is 4.74 Å². The fourth-order valence-corrected chi connectivity index (χ4v) is 3.47. The third-order valence-electron chi connectivity index (χ3n) is 3.15. The molecule has 1 saturated heterocycles. The molecule has 1 aliphatic rings. The van der Waals surface area contributed by atoms with Crippen molar-refractivity contribution in [1.82, 2.24) is 0 Å². The summed E-state index contributed by atoms with van der Waals surface area (Å²) in [6.07, 6.45) is 0. The molecule has 94 valence electrons. The Morgan fingerprint density at radius 1 is 1.24 bits per heavy atom. The van der Waals surface area contributed by atoms with E-state index in [1.807, 2.05) is 17.8 Å². The van der Waals surface area contributed by atoms with E-state index in [2.05, 4.69) is 38.1 Å². The van der Waals surface area contributed by atoms with Crippen LogP contribution in [0.2, 0.25) is 0 Å². The molecule has 0 spiro atoms. The van der Waals surface area contributed by atoms with Gasteiger partial charge in [-0.1, -0.05) is 44.2 Å². The smallest absolute Gasteiger partial charge is 0.0608 e. The minimum absolute atomic E-state index is 0.113. The van der Waals surface area contributed by atoms with Crippen molar-refractivity contribution in [2.24, 2.45) is 11.7 Å². The highest BCUT2D eigenvalue weighted by atomic mass is 32.2. The van der Waals surface area contributed by atoms with Gasteiger partial charge in [-0.3, -0.25) is 0 Å². The summed E-state index contributed by atoms with van der Waals surface area (Å²) in [5.41, 5.74) is 7.64. The molecule has 1 fully saturated rings. The molecule has 0 saturated carbocycles. The van der Waals surface area contributed by atoms with Crippen molar-refractivity contribution in [3.8, 4) is 0 Å². The normalized spacial score (nSPS) is 20.0. The molecular formula is C14H21NOS. The van der Waals surface area contributed by atoms with Crippen molar-refractivity contribution in [3.63, 3.8) is 0 Å². The molecule has 2 nitrogen and oxygen atoms in total. The quantitative estimate of drug-likeness (QED) is 0.874. The maximum absolute atomic E-state index is 6.41. The van der Waals surface area contributed by atoms with Crippen LogP contribution in [0.5, 0.6) is 0 Å². The van der Waals surface area contributed by atoms with Gasteiger partial charge in [0.1, 0.15) is 0 Å². The van der Waals surface area contributed by atoms with Crippen LogP contribution in [0, 0.1) is 5.92 Å². The Morgan fingerprint density at radius 2 is 1.88 bits per heavy atom. The molecule has 0 aromatic heterocycles. The van der Waals surface area contributed by atoms with Gasteiger partial charge in [-0.05, 0) is 11.5 Å². The summed E-state index contributed by atoms with van der Waals surface area (Å²) in [6.45, 7) is 6.27. The Bertz CT molecular complexity index is 337. The van der Waals surface area contributed by atoms with E-state index in [0.717, 1.165) is 13.2 Å². The van der Waals surface area contributed by atoms with Crippen molar-refractivity contribution >= 4 is 11.8 Å². The predicted octanol–water partition coefficient (Wildman–Crippen LogP) is 2.84. The Balaban J connectivity index is 2.04. The van der Waals surface area contributed by atoms with Crippen molar-refractivity contribution in [1.29, 1.82) is 0 Å². The van der Waals surface area contributed by atoms with Crippen molar-refractivity contribution in [3.05, 3.63) is 35.9 Å². The van der Waals surface area contributed by atoms with Gasteiger partial charge in [0, 0.05) is 11.3 Å². The van der Waals surface area contributed by atoms with E-state index in [9.17, 15) is 0 Å². The van der Waals surface area contributed by atoms with Gasteiger partial charge in [-0.2, -0.15) is 0 Å². The van der Waals surface area contributed by atoms with Crippen molar-refractivity contribution in [2.75, 3.05) is 13.2 Å². The lowest BCUT2D eigenvalue weighted by Crippen LogP contribution is -2.37. The molecule has 0 aliphatic carbocycles. The molecule has 0 amide bonds. The molecule has 2 rings (SSSR count). The molecular weight excluding hydrogens is 230 g/mol. The van der Waals surface area contributed by atoms with Gasteiger partial charge in [-0.25, -0.2) is 0 Å². The summed E-state index contributed by atoms with van der Waals surface area (Å²) in [7, 11) is 0. The number of hydrogen-bond donors (Lipinski definition) is 1. The van der Waals surface area contributed by atoms with Crippen LogP contribution in [0.1, 0.15) is 25.5 Å². The summed E-state index contributed by atoms with van der Waals surface area (Å²) in [5.74, 6) is 0.579. The molecule has 0 bridgehead atoms. The lowest BCUT2D eigenvalue weighted by molar-refractivity contribution is 0.0451. The third kappa shape index (κ3) is 3.24. The number of rotatable bonds is 5. The number of benzene rings is 1. The van der Waals surface area contributed by atoms with Crippen LogP contribution in [0.15, 0.2) is 30.3 Å². The first-order chi connectivity index (χ1) is 8.18. The SMILES string of the molecule is CC(C)C(SC1COC1)C(N)c1ccccc1. The van der Waals surface area contributed by atoms with Gasteiger partial charge in [-0.15, -0.1) is 11.8 Å². The fourth-order valence-electron chi connectivity index (χ4n) is 2.04. The Morgan fingerprint density at radius 3 is 2.35 bits per heavy atom. The molecule has 1 aromatic rings. The minimum Gasteiger partial charge on any atom is -0.379 e. The Kier molecular flexibility index (Phi) is 4.48. The van der Waals surface area contributed by atoms with E-state index in [-0.39, 0.29) is 6.04 Å².